The van der Waals surface area contributed by atoms with E-state index < -0.39 is 0 Å². The number of amides is 1. The van der Waals surface area contributed by atoms with Crippen LogP contribution in [-0.2, 0) is 4.74 Å². The third kappa shape index (κ3) is 3.38. The van der Waals surface area contributed by atoms with E-state index in [-0.39, 0.29) is 6.09 Å². The van der Waals surface area contributed by atoms with Crippen molar-refractivity contribution in [3.8, 4) is 0 Å². The van der Waals surface area contributed by atoms with Crippen molar-refractivity contribution >= 4 is 17.0 Å². The molecule has 0 atom stereocenters. The van der Waals surface area contributed by atoms with Crippen molar-refractivity contribution in [1.29, 1.82) is 0 Å². The molecule has 4 rings (SSSR count). The number of carbonyl (C=O) groups excluding carboxylic acids is 1. The first kappa shape index (κ1) is 16.5. The molecule has 1 amide bonds. The number of nitrogens with one attached hydrogen (secondary N) is 1. The van der Waals surface area contributed by atoms with E-state index in [2.05, 4.69) is 41.1 Å². The van der Waals surface area contributed by atoms with E-state index in [0.717, 1.165) is 39.1 Å². The zero-order valence-corrected chi connectivity index (χ0v) is 15.0. The van der Waals surface area contributed by atoms with Crippen LogP contribution in [0, 0.1) is 6.92 Å². The molecule has 5 nitrogen and oxygen atoms in total. The lowest BCUT2D eigenvalue weighted by molar-refractivity contribution is 0.155. The van der Waals surface area contributed by atoms with Crippen LogP contribution in [0.3, 0.4) is 0 Å². The van der Waals surface area contributed by atoms with Crippen molar-refractivity contribution in [3.63, 3.8) is 0 Å². The van der Waals surface area contributed by atoms with E-state index in [1.54, 1.807) is 0 Å². The molecule has 5 heteroatoms. The van der Waals surface area contributed by atoms with Crippen molar-refractivity contribution in [1.82, 2.24) is 14.8 Å². The molecule has 0 aliphatic carbocycles. The minimum absolute atomic E-state index is 0.145. The molecular weight excluding hydrogens is 314 g/mol. The Kier molecular flexibility index (Phi) is 4.66. The molecule has 2 aliphatic heterocycles. The smallest absolute Gasteiger partial charge is 0.409 e. The van der Waals surface area contributed by atoms with E-state index in [0.29, 0.717) is 12.5 Å². The van der Waals surface area contributed by atoms with Gasteiger partial charge in [0.05, 0.1) is 6.54 Å². The van der Waals surface area contributed by atoms with E-state index in [1.807, 2.05) is 4.90 Å². The number of rotatable bonds is 5. The molecule has 25 heavy (non-hydrogen) atoms. The Morgan fingerprint density at radius 2 is 1.96 bits per heavy atom. The Morgan fingerprint density at radius 3 is 2.72 bits per heavy atom. The number of cyclic esters (lactones) is 1. The zero-order valence-electron chi connectivity index (χ0n) is 15.0. The predicted octanol–water partition coefficient (Wildman–Crippen LogP) is 3.50. The highest BCUT2D eigenvalue weighted by Gasteiger charge is 2.25. The highest BCUT2D eigenvalue weighted by molar-refractivity contribution is 5.85. The number of fused-ring (bicyclic) bond motifs is 1. The minimum atomic E-state index is -0.145. The molecule has 1 N–H and O–H groups in total. The lowest BCUT2D eigenvalue weighted by Gasteiger charge is -2.32. The van der Waals surface area contributed by atoms with Crippen molar-refractivity contribution in [2.24, 2.45) is 0 Å². The van der Waals surface area contributed by atoms with Crippen LogP contribution in [0.2, 0.25) is 0 Å². The highest BCUT2D eigenvalue weighted by atomic mass is 16.6. The molecule has 2 aromatic rings. The van der Waals surface area contributed by atoms with E-state index >= 15 is 0 Å². The van der Waals surface area contributed by atoms with Crippen molar-refractivity contribution in [2.45, 2.75) is 32.1 Å². The first-order valence-electron chi connectivity index (χ1n) is 9.43. The number of nitrogens with zero attached hydrogens (tertiary/aromatic N) is 2. The SMILES string of the molecule is Cc1[nH]c2ccccc2c1C1CCN(CCCN2CCOC2=O)CC1. The summed E-state index contributed by atoms with van der Waals surface area (Å²) >= 11 is 0. The number of benzene rings is 1. The summed E-state index contributed by atoms with van der Waals surface area (Å²) in [5.41, 5.74) is 4.11. The second-order valence-corrected chi connectivity index (χ2v) is 7.28. The highest BCUT2D eigenvalue weighted by Crippen LogP contribution is 2.35. The molecule has 0 saturated carbocycles. The van der Waals surface area contributed by atoms with Gasteiger partial charge < -0.3 is 19.5 Å². The number of piperidine rings is 1. The van der Waals surface area contributed by atoms with Gasteiger partial charge >= 0.3 is 6.09 Å². The monoisotopic (exact) mass is 341 g/mol. The molecule has 1 aromatic carbocycles. The Labute approximate surface area is 148 Å². The van der Waals surface area contributed by atoms with Gasteiger partial charge in [-0.05, 0) is 63.4 Å². The quantitative estimate of drug-likeness (QED) is 0.905. The molecule has 2 fully saturated rings. The number of aromatic nitrogens is 1. The fourth-order valence-corrected chi connectivity index (χ4v) is 4.38. The molecule has 3 heterocycles. The first-order chi connectivity index (χ1) is 12.2. The number of carbonyl (C=O) groups is 1. The molecule has 134 valence electrons. The molecule has 0 unspecified atom stereocenters. The summed E-state index contributed by atoms with van der Waals surface area (Å²) in [5, 5.41) is 1.39. The number of hydrogen-bond acceptors (Lipinski definition) is 3. The lowest BCUT2D eigenvalue weighted by atomic mass is 9.87. The maximum atomic E-state index is 11.5. The number of hydrogen-bond donors (Lipinski definition) is 1. The van der Waals surface area contributed by atoms with E-state index in [1.165, 1.54) is 35.0 Å². The van der Waals surface area contributed by atoms with E-state index in [4.69, 9.17) is 4.74 Å². The summed E-state index contributed by atoms with van der Waals surface area (Å²) in [7, 11) is 0. The first-order valence-corrected chi connectivity index (χ1v) is 9.43. The normalized spacial score (nSPS) is 19.7. The van der Waals surface area contributed by atoms with Gasteiger partial charge in [0.25, 0.3) is 0 Å². The number of aryl methyl sites for hydroxylation is 1. The second kappa shape index (κ2) is 7.08. The fourth-order valence-electron chi connectivity index (χ4n) is 4.38. The average molecular weight is 341 g/mol. The molecule has 0 radical (unpaired) electrons. The van der Waals surface area contributed by atoms with Crippen LogP contribution >= 0.6 is 0 Å². The van der Waals surface area contributed by atoms with Gasteiger partial charge in [0.2, 0.25) is 0 Å². The maximum Gasteiger partial charge on any atom is 0.409 e. The van der Waals surface area contributed by atoms with Crippen LogP contribution in [0.1, 0.15) is 36.4 Å². The van der Waals surface area contributed by atoms with Crippen molar-refractivity contribution in [3.05, 3.63) is 35.5 Å². The standard InChI is InChI=1S/C20H27N3O2/c1-15-19(17-5-2-3-6-18(17)21-15)16-7-11-22(12-8-16)9-4-10-23-13-14-25-20(23)24/h2-3,5-6,16,21H,4,7-14H2,1H3. The molecule has 0 bridgehead atoms. The number of H-pyrrole nitrogens is 1. The van der Waals surface area contributed by atoms with Gasteiger partial charge in [-0.25, -0.2) is 4.79 Å². The lowest BCUT2D eigenvalue weighted by Crippen LogP contribution is -2.35. The predicted molar refractivity (Wildman–Crippen MR) is 99.0 cm³/mol. The average Bonchev–Trinajstić information content (AvgIpc) is 3.18. The molecule has 1 aromatic heterocycles. The summed E-state index contributed by atoms with van der Waals surface area (Å²) in [6.07, 6.45) is 3.32. The van der Waals surface area contributed by atoms with Crippen molar-refractivity contribution in [2.75, 3.05) is 39.3 Å². The Hall–Kier alpha value is -2.01. The summed E-state index contributed by atoms with van der Waals surface area (Å²) in [6, 6.07) is 8.65. The largest absolute Gasteiger partial charge is 0.448 e. The van der Waals surface area contributed by atoms with Crippen LogP contribution < -0.4 is 0 Å². The van der Waals surface area contributed by atoms with Gasteiger partial charge in [-0.3, -0.25) is 0 Å². The van der Waals surface area contributed by atoms with Crippen LogP contribution in [0.25, 0.3) is 10.9 Å². The summed E-state index contributed by atoms with van der Waals surface area (Å²) < 4.78 is 4.98. The van der Waals surface area contributed by atoms with E-state index in [9.17, 15) is 4.79 Å². The maximum absolute atomic E-state index is 11.5. The van der Waals surface area contributed by atoms with Crippen molar-refractivity contribution < 1.29 is 9.53 Å². The summed E-state index contributed by atoms with van der Waals surface area (Å²) in [6.45, 7) is 7.69. The Morgan fingerprint density at radius 1 is 1.16 bits per heavy atom. The van der Waals surface area contributed by atoms with Gasteiger partial charge in [0, 0.05) is 23.1 Å². The van der Waals surface area contributed by atoms with Gasteiger partial charge in [0.1, 0.15) is 6.61 Å². The summed E-state index contributed by atoms with van der Waals surface area (Å²) in [5.74, 6) is 0.654. The minimum Gasteiger partial charge on any atom is -0.448 e. The van der Waals surface area contributed by atoms with Crippen LogP contribution in [0.5, 0.6) is 0 Å². The summed E-state index contributed by atoms with van der Waals surface area (Å²) in [4.78, 5) is 19.4. The molecule has 2 saturated heterocycles. The Bertz CT molecular complexity index is 746. The van der Waals surface area contributed by atoms with Gasteiger partial charge in [-0.1, -0.05) is 18.2 Å². The number of ether oxygens (including phenoxy) is 1. The number of likely N-dealkylation sites (tertiary alicyclic amines) is 1. The third-order valence-electron chi connectivity index (χ3n) is 5.69. The third-order valence-corrected chi connectivity index (χ3v) is 5.69. The second-order valence-electron chi connectivity index (χ2n) is 7.28. The molecule has 0 spiro atoms. The van der Waals surface area contributed by atoms with Gasteiger partial charge in [-0.2, -0.15) is 0 Å². The van der Waals surface area contributed by atoms with Gasteiger partial charge in [0.15, 0.2) is 0 Å². The molecular formula is C20H27N3O2. The number of para-hydroxylation sites is 1. The number of aromatic amines is 1. The van der Waals surface area contributed by atoms with Crippen LogP contribution in [0.15, 0.2) is 24.3 Å². The van der Waals surface area contributed by atoms with Crippen LogP contribution in [-0.4, -0.2) is 60.2 Å². The zero-order chi connectivity index (χ0) is 17.2. The topological polar surface area (TPSA) is 48.6 Å². The Balaban J connectivity index is 1.30. The fraction of sp³-hybridized carbons (Fsp3) is 0.550. The van der Waals surface area contributed by atoms with Gasteiger partial charge in [-0.15, -0.1) is 0 Å². The van der Waals surface area contributed by atoms with Crippen LogP contribution in [0.4, 0.5) is 4.79 Å². The molecule has 2 aliphatic rings.